The van der Waals surface area contributed by atoms with Crippen LogP contribution in [0, 0.1) is 6.92 Å². The quantitative estimate of drug-likeness (QED) is 0.891. The number of nitrogens with one attached hydrogen (secondary N) is 1. The Balaban J connectivity index is 2.28. The van der Waals surface area contributed by atoms with Crippen LogP contribution in [0.4, 0.5) is 5.69 Å². The number of amides is 1. The summed E-state index contributed by atoms with van der Waals surface area (Å²) in [7, 11) is 1.61. The first kappa shape index (κ1) is 15.2. The average Bonchev–Trinajstić information content (AvgIpc) is 2.46. The Labute approximate surface area is 128 Å². The normalized spacial score (nSPS) is 11.8. The fraction of sp³-hybridized carbons (Fsp3) is 0.188. The van der Waals surface area contributed by atoms with Crippen LogP contribution in [0.5, 0.6) is 5.75 Å². The summed E-state index contributed by atoms with van der Waals surface area (Å²) in [6, 6.07) is 12.0. The number of benzene rings is 2. The van der Waals surface area contributed by atoms with Crippen molar-refractivity contribution in [3.8, 4) is 5.75 Å². The van der Waals surface area contributed by atoms with E-state index in [0.29, 0.717) is 5.02 Å². The first-order valence-electron chi connectivity index (χ1n) is 6.47. The molecule has 2 aromatic rings. The van der Waals surface area contributed by atoms with Gasteiger partial charge in [0.05, 0.1) is 7.11 Å². The molecular weight excluding hydrogens is 288 g/mol. The highest BCUT2D eigenvalue weighted by Crippen LogP contribution is 2.25. The first-order valence-corrected chi connectivity index (χ1v) is 6.85. The molecule has 3 N–H and O–H groups in total. The summed E-state index contributed by atoms with van der Waals surface area (Å²) in [6.45, 7) is 1.92. The van der Waals surface area contributed by atoms with E-state index in [1.165, 1.54) is 0 Å². The lowest BCUT2D eigenvalue weighted by Crippen LogP contribution is -2.27. The molecule has 0 heterocycles. The maximum absolute atomic E-state index is 11.7. The third kappa shape index (κ3) is 3.67. The molecule has 0 fully saturated rings. The number of methoxy groups -OCH3 is 1. The lowest BCUT2D eigenvalue weighted by atomic mass is 10.0. The highest BCUT2D eigenvalue weighted by Gasteiger charge is 2.18. The highest BCUT2D eigenvalue weighted by atomic mass is 35.5. The fourth-order valence-corrected chi connectivity index (χ4v) is 2.24. The smallest absolute Gasteiger partial charge is 0.244 e. The standard InChI is InChI=1S/C16H17ClN2O2/c1-10-9-11(3-8-14(10)21-2)15(16(18)20)19-13-6-4-12(17)5-7-13/h3-9,15,19H,1-2H3,(H2,18,20). The zero-order chi connectivity index (χ0) is 15.4. The Morgan fingerprint density at radius 3 is 2.43 bits per heavy atom. The molecule has 1 atom stereocenters. The van der Waals surface area contributed by atoms with E-state index < -0.39 is 11.9 Å². The van der Waals surface area contributed by atoms with Gasteiger partial charge in [-0.15, -0.1) is 0 Å². The molecule has 0 aliphatic carbocycles. The van der Waals surface area contributed by atoms with E-state index in [4.69, 9.17) is 22.1 Å². The molecule has 21 heavy (non-hydrogen) atoms. The predicted molar refractivity (Wildman–Crippen MR) is 84.7 cm³/mol. The second-order valence-electron chi connectivity index (χ2n) is 4.72. The first-order chi connectivity index (χ1) is 10.0. The third-order valence-corrected chi connectivity index (χ3v) is 3.44. The van der Waals surface area contributed by atoms with Crippen LogP contribution in [0.15, 0.2) is 42.5 Å². The van der Waals surface area contributed by atoms with Gasteiger partial charge in [0.2, 0.25) is 5.91 Å². The number of rotatable bonds is 5. The zero-order valence-electron chi connectivity index (χ0n) is 11.9. The van der Waals surface area contributed by atoms with E-state index in [1.54, 1.807) is 31.4 Å². The van der Waals surface area contributed by atoms with Crippen molar-refractivity contribution < 1.29 is 9.53 Å². The number of hydrogen-bond donors (Lipinski definition) is 2. The molecule has 1 unspecified atom stereocenters. The number of halogens is 1. The number of primary amides is 1. The van der Waals surface area contributed by atoms with Crippen LogP contribution >= 0.6 is 11.6 Å². The van der Waals surface area contributed by atoms with Gasteiger partial charge in [-0.3, -0.25) is 4.79 Å². The largest absolute Gasteiger partial charge is 0.496 e. The highest BCUT2D eigenvalue weighted by molar-refractivity contribution is 6.30. The van der Waals surface area contributed by atoms with Crippen LogP contribution in [0.25, 0.3) is 0 Å². The van der Waals surface area contributed by atoms with Crippen molar-refractivity contribution >= 4 is 23.2 Å². The maximum atomic E-state index is 11.7. The Hall–Kier alpha value is -2.20. The van der Waals surface area contributed by atoms with E-state index in [0.717, 1.165) is 22.6 Å². The van der Waals surface area contributed by atoms with Crippen molar-refractivity contribution in [3.63, 3.8) is 0 Å². The van der Waals surface area contributed by atoms with Gasteiger partial charge in [-0.2, -0.15) is 0 Å². The number of aryl methyl sites for hydroxylation is 1. The van der Waals surface area contributed by atoms with E-state index in [1.807, 2.05) is 25.1 Å². The molecule has 1 amide bonds. The Morgan fingerprint density at radius 1 is 1.24 bits per heavy atom. The Bertz CT molecular complexity index is 641. The molecule has 110 valence electrons. The van der Waals surface area contributed by atoms with Crippen LogP contribution in [0.3, 0.4) is 0 Å². The second-order valence-corrected chi connectivity index (χ2v) is 5.15. The Morgan fingerprint density at radius 2 is 1.90 bits per heavy atom. The maximum Gasteiger partial charge on any atom is 0.244 e. The molecule has 2 aromatic carbocycles. The summed E-state index contributed by atoms with van der Waals surface area (Å²) in [4.78, 5) is 11.7. The van der Waals surface area contributed by atoms with Crippen LogP contribution in [0.1, 0.15) is 17.2 Å². The van der Waals surface area contributed by atoms with Gasteiger partial charge < -0.3 is 15.8 Å². The monoisotopic (exact) mass is 304 g/mol. The number of nitrogens with two attached hydrogens (primary N) is 1. The number of carbonyl (C=O) groups excluding carboxylic acids is 1. The summed E-state index contributed by atoms with van der Waals surface area (Å²) in [5.74, 6) is 0.322. The van der Waals surface area contributed by atoms with Crippen molar-refractivity contribution in [3.05, 3.63) is 58.6 Å². The molecule has 4 nitrogen and oxygen atoms in total. The van der Waals surface area contributed by atoms with E-state index in [2.05, 4.69) is 5.32 Å². The molecule has 2 rings (SSSR count). The molecular formula is C16H17ClN2O2. The summed E-state index contributed by atoms with van der Waals surface area (Å²) >= 11 is 5.85. The van der Waals surface area contributed by atoms with Gasteiger partial charge in [0, 0.05) is 10.7 Å². The zero-order valence-corrected chi connectivity index (χ0v) is 12.6. The molecule has 0 aromatic heterocycles. The molecule has 0 aliphatic rings. The van der Waals surface area contributed by atoms with Crippen LogP contribution in [-0.2, 0) is 4.79 Å². The third-order valence-electron chi connectivity index (χ3n) is 3.19. The van der Waals surface area contributed by atoms with Gasteiger partial charge in [0.1, 0.15) is 11.8 Å². The molecule has 0 radical (unpaired) electrons. The number of carbonyl (C=O) groups is 1. The van der Waals surface area contributed by atoms with Crippen molar-refractivity contribution in [2.45, 2.75) is 13.0 Å². The summed E-state index contributed by atoms with van der Waals surface area (Å²) in [5.41, 5.74) is 8.01. The van der Waals surface area contributed by atoms with Gasteiger partial charge >= 0.3 is 0 Å². The minimum absolute atomic E-state index is 0.450. The lowest BCUT2D eigenvalue weighted by molar-refractivity contribution is -0.118. The van der Waals surface area contributed by atoms with Gasteiger partial charge in [0.15, 0.2) is 0 Å². The van der Waals surface area contributed by atoms with E-state index in [-0.39, 0.29) is 0 Å². The number of ether oxygens (including phenoxy) is 1. The number of anilines is 1. The topological polar surface area (TPSA) is 64.3 Å². The minimum atomic E-state index is -0.615. The van der Waals surface area contributed by atoms with Crippen LogP contribution in [-0.4, -0.2) is 13.0 Å². The number of hydrogen-bond acceptors (Lipinski definition) is 3. The van der Waals surface area contributed by atoms with E-state index >= 15 is 0 Å². The minimum Gasteiger partial charge on any atom is -0.496 e. The molecule has 0 spiro atoms. The van der Waals surface area contributed by atoms with Crippen molar-refractivity contribution in [1.82, 2.24) is 0 Å². The van der Waals surface area contributed by atoms with Gasteiger partial charge in [-0.25, -0.2) is 0 Å². The van der Waals surface area contributed by atoms with Crippen molar-refractivity contribution in [1.29, 1.82) is 0 Å². The van der Waals surface area contributed by atoms with Gasteiger partial charge in [-0.1, -0.05) is 17.7 Å². The van der Waals surface area contributed by atoms with Gasteiger partial charge in [0.25, 0.3) is 0 Å². The second kappa shape index (κ2) is 6.50. The van der Waals surface area contributed by atoms with Gasteiger partial charge in [-0.05, 0) is 54.4 Å². The SMILES string of the molecule is COc1ccc(C(Nc2ccc(Cl)cc2)C(N)=O)cc1C. The van der Waals surface area contributed by atoms with Crippen molar-refractivity contribution in [2.24, 2.45) is 5.73 Å². The predicted octanol–water partition coefficient (Wildman–Crippen LogP) is 3.30. The van der Waals surface area contributed by atoms with E-state index in [9.17, 15) is 4.79 Å². The molecule has 0 saturated carbocycles. The van der Waals surface area contributed by atoms with Crippen molar-refractivity contribution in [2.75, 3.05) is 12.4 Å². The average molecular weight is 305 g/mol. The molecule has 0 aliphatic heterocycles. The van der Waals surface area contributed by atoms with Crippen LogP contribution < -0.4 is 15.8 Å². The summed E-state index contributed by atoms with van der Waals surface area (Å²) in [6.07, 6.45) is 0. The molecule has 0 saturated heterocycles. The fourth-order valence-electron chi connectivity index (χ4n) is 2.11. The van der Waals surface area contributed by atoms with Crippen LogP contribution in [0.2, 0.25) is 5.02 Å². The summed E-state index contributed by atoms with van der Waals surface area (Å²) in [5, 5.41) is 3.75. The lowest BCUT2D eigenvalue weighted by Gasteiger charge is -2.18. The summed E-state index contributed by atoms with van der Waals surface area (Å²) < 4.78 is 5.22. The molecule has 5 heteroatoms. The Kier molecular flexibility index (Phi) is 4.70. The molecule has 0 bridgehead atoms.